The maximum atomic E-state index is 13.4. The van der Waals surface area contributed by atoms with Gasteiger partial charge in [0.1, 0.15) is 11.5 Å². The lowest BCUT2D eigenvalue weighted by Gasteiger charge is -2.33. The molecule has 224 valence electrons. The van der Waals surface area contributed by atoms with Gasteiger partial charge in [-0.3, -0.25) is 19.4 Å². The molecule has 2 aliphatic heterocycles. The Labute approximate surface area is 249 Å². The number of aliphatic carboxylic acids is 1. The maximum Gasteiger partial charge on any atom is 0.303 e. The number of ether oxygens (including phenoxy) is 1. The normalized spacial score (nSPS) is 18.0. The summed E-state index contributed by atoms with van der Waals surface area (Å²) in [5.74, 6) is 6.00. The van der Waals surface area contributed by atoms with Gasteiger partial charge in [-0.1, -0.05) is 24.8 Å². The van der Waals surface area contributed by atoms with Gasteiger partial charge in [0.15, 0.2) is 0 Å². The highest BCUT2D eigenvalue weighted by Gasteiger charge is 2.31. The average Bonchev–Trinajstić information content (AvgIpc) is 3.02. The fourth-order valence-corrected chi connectivity index (χ4v) is 5.83. The van der Waals surface area contributed by atoms with E-state index in [-0.39, 0.29) is 30.4 Å². The molecule has 2 aliphatic rings. The van der Waals surface area contributed by atoms with Crippen LogP contribution in [0.3, 0.4) is 0 Å². The zero-order valence-corrected chi connectivity index (χ0v) is 24.6. The van der Waals surface area contributed by atoms with Gasteiger partial charge in [-0.2, -0.15) is 0 Å². The molecular weight excluding hydrogens is 530 g/mol. The SMILES string of the molecule is CCCOc1cccc(C#Cc2cncc([C@H](CC(=O)O)CC(=O)[C@@H]3CCCN(C(=O)CCC4CCNCC4)C3)c2)c1. The molecule has 0 radical (unpaired) electrons. The number of carboxylic acid groups (broad SMARTS) is 1. The van der Waals surface area contributed by atoms with Crippen LogP contribution in [0.4, 0.5) is 0 Å². The first-order valence-electron chi connectivity index (χ1n) is 15.3. The second-order valence-electron chi connectivity index (χ2n) is 11.5. The smallest absolute Gasteiger partial charge is 0.303 e. The number of carbonyl (C=O) groups is 3. The van der Waals surface area contributed by atoms with Crippen LogP contribution < -0.4 is 10.1 Å². The number of piperidine rings is 2. The number of aromatic nitrogens is 1. The number of hydrogen-bond acceptors (Lipinski definition) is 6. The van der Waals surface area contributed by atoms with Crippen LogP contribution in [0.2, 0.25) is 0 Å². The summed E-state index contributed by atoms with van der Waals surface area (Å²) >= 11 is 0. The van der Waals surface area contributed by atoms with Crippen molar-refractivity contribution in [2.24, 2.45) is 11.8 Å². The standard InChI is InChI=1S/C34H43N3O5/c1-2-17-42-31-7-3-5-26(19-31)8-9-27-18-30(23-36-22-27)29(21-34(40)41)20-32(38)28-6-4-16-37(24-28)33(39)11-10-25-12-14-35-15-13-25/h3,5,7,18-19,22-23,25,28-29,35H,2,4,6,10-17,20-21,24H2,1H3,(H,40,41)/t28-,29+/m1/s1. The third-order valence-corrected chi connectivity index (χ3v) is 8.21. The van der Waals surface area contributed by atoms with E-state index in [1.165, 1.54) is 0 Å². The Morgan fingerprint density at radius 2 is 1.90 bits per heavy atom. The lowest BCUT2D eigenvalue weighted by Crippen LogP contribution is -2.42. The molecular formula is C34H43N3O5. The molecule has 2 atom stereocenters. The Balaban J connectivity index is 1.38. The molecule has 0 spiro atoms. The molecule has 3 heterocycles. The Bertz CT molecular complexity index is 1280. The van der Waals surface area contributed by atoms with Crippen molar-refractivity contribution in [3.8, 4) is 17.6 Å². The molecule has 2 fully saturated rings. The van der Waals surface area contributed by atoms with Crippen molar-refractivity contribution in [2.75, 3.05) is 32.8 Å². The van der Waals surface area contributed by atoms with Crippen molar-refractivity contribution in [3.05, 3.63) is 59.4 Å². The molecule has 2 aromatic rings. The van der Waals surface area contributed by atoms with Crippen LogP contribution in [0.1, 0.15) is 87.3 Å². The summed E-state index contributed by atoms with van der Waals surface area (Å²) in [6.45, 7) is 5.84. The number of pyridine rings is 1. The zero-order chi connectivity index (χ0) is 29.7. The number of rotatable bonds is 12. The number of Topliss-reactive ketones (excluding diaryl/α,β-unsaturated/α-hetero) is 1. The van der Waals surface area contributed by atoms with Gasteiger partial charge in [-0.15, -0.1) is 0 Å². The van der Waals surface area contributed by atoms with E-state index in [0.29, 0.717) is 43.2 Å². The second kappa shape index (κ2) is 16.1. The minimum Gasteiger partial charge on any atom is -0.494 e. The number of carboxylic acids is 1. The first-order chi connectivity index (χ1) is 20.4. The van der Waals surface area contributed by atoms with Crippen molar-refractivity contribution < 1.29 is 24.2 Å². The molecule has 0 bridgehead atoms. The molecule has 8 heteroatoms. The molecule has 8 nitrogen and oxygen atoms in total. The average molecular weight is 574 g/mol. The predicted molar refractivity (Wildman–Crippen MR) is 161 cm³/mol. The number of carbonyl (C=O) groups excluding carboxylic acids is 2. The second-order valence-corrected chi connectivity index (χ2v) is 11.5. The van der Waals surface area contributed by atoms with Crippen LogP contribution in [0.5, 0.6) is 5.75 Å². The Morgan fingerprint density at radius 1 is 1.10 bits per heavy atom. The van der Waals surface area contributed by atoms with Crippen LogP contribution in [-0.2, 0) is 14.4 Å². The van der Waals surface area contributed by atoms with Crippen molar-refractivity contribution in [1.82, 2.24) is 15.2 Å². The number of nitrogens with zero attached hydrogens (tertiary/aromatic N) is 2. The van der Waals surface area contributed by atoms with E-state index in [1.54, 1.807) is 12.4 Å². The molecule has 4 rings (SSSR count). The molecule has 0 saturated carbocycles. The van der Waals surface area contributed by atoms with Gasteiger partial charge in [0.05, 0.1) is 13.0 Å². The van der Waals surface area contributed by atoms with Crippen LogP contribution >= 0.6 is 0 Å². The van der Waals surface area contributed by atoms with E-state index in [1.807, 2.05) is 35.2 Å². The molecule has 1 amide bonds. The van der Waals surface area contributed by atoms with Gasteiger partial charge in [0, 0.05) is 61.3 Å². The topological polar surface area (TPSA) is 109 Å². The Kier molecular flexibility index (Phi) is 12.0. The van der Waals surface area contributed by atoms with Crippen molar-refractivity contribution in [2.45, 2.75) is 70.6 Å². The van der Waals surface area contributed by atoms with Gasteiger partial charge in [0.25, 0.3) is 0 Å². The molecule has 1 aromatic heterocycles. The fraction of sp³-hybridized carbons (Fsp3) is 0.529. The molecule has 2 saturated heterocycles. The highest BCUT2D eigenvalue weighted by molar-refractivity contribution is 5.84. The van der Waals surface area contributed by atoms with Gasteiger partial charge >= 0.3 is 5.97 Å². The van der Waals surface area contributed by atoms with Crippen LogP contribution in [-0.4, -0.2) is 65.4 Å². The molecule has 1 aromatic carbocycles. The summed E-state index contributed by atoms with van der Waals surface area (Å²) in [4.78, 5) is 44.3. The zero-order valence-electron chi connectivity index (χ0n) is 24.6. The number of ketones is 1. The summed E-state index contributed by atoms with van der Waals surface area (Å²) in [5.41, 5.74) is 2.14. The molecule has 0 unspecified atom stereocenters. The van der Waals surface area contributed by atoms with E-state index in [9.17, 15) is 19.5 Å². The number of likely N-dealkylation sites (tertiary alicyclic amines) is 1. The lowest BCUT2D eigenvalue weighted by molar-refractivity contribution is -0.137. The first kappa shape index (κ1) is 31.2. The highest BCUT2D eigenvalue weighted by atomic mass is 16.5. The van der Waals surface area contributed by atoms with E-state index >= 15 is 0 Å². The fourth-order valence-electron chi connectivity index (χ4n) is 5.83. The number of nitrogens with one attached hydrogen (secondary N) is 1. The largest absolute Gasteiger partial charge is 0.494 e. The summed E-state index contributed by atoms with van der Waals surface area (Å²) in [5, 5.41) is 13.0. The Hall–Kier alpha value is -3.70. The third-order valence-electron chi connectivity index (χ3n) is 8.21. The van der Waals surface area contributed by atoms with E-state index < -0.39 is 11.9 Å². The summed E-state index contributed by atoms with van der Waals surface area (Å²) in [6.07, 6.45) is 9.29. The third kappa shape index (κ3) is 9.70. The van der Waals surface area contributed by atoms with Crippen LogP contribution in [0.25, 0.3) is 0 Å². The van der Waals surface area contributed by atoms with Gasteiger partial charge in [-0.25, -0.2) is 0 Å². The van der Waals surface area contributed by atoms with E-state index in [0.717, 1.165) is 62.9 Å². The van der Waals surface area contributed by atoms with Crippen molar-refractivity contribution >= 4 is 17.7 Å². The maximum absolute atomic E-state index is 13.4. The highest BCUT2D eigenvalue weighted by Crippen LogP contribution is 2.29. The van der Waals surface area contributed by atoms with Gasteiger partial charge in [0.2, 0.25) is 5.91 Å². The van der Waals surface area contributed by atoms with Gasteiger partial charge in [-0.05, 0) is 87.4 Å². The Morgan fingerprint density at radius 3 is 2.69 bits per heavy atom. The van der Waals surface area contributed by atoms with Crippen LogP contribution in [0, 0.1) is 23.7 Å². The predicted octanol–water partition coefficient (Wildman–Crippen LogP) is 4.81. The van der Waals surface area contributed by atoms with Gasteiger partial charge < -0.3 is 20.1 Å². The minimum atomic E-state index is -0.966. The van der Waals surface area contributed by atoms with Crippen LogP contribution in [0.15, 0.2) is 42.7 Å². The summed E-state index contributed by atoms with van der Waals surface area (Å²) < 4.78 is 5.69. The molecule has 42 heavy (non-hydrogen) atoms. The summed E-state index contributed by atoms with van der Waals surface area (Å²) in [6, 6.07) is 9.41. The van der Waals surface area contributed by atoms with Crippen molar-refractivity contribution in [3.63, 3.8) is 0 Å². The molecule has 0 aliphatic carbocycles. The molecule has 2 N–H and O–H groups in total. The monoisotopic (exact) mass is 573 g/mol. The van der Waals surface area contributed by atoms with Crippen molar-refractivity contribution in [1.29, 1.82) is 0 Å². The number of benzene rings is 1. The number of hydrogen-bond donors (Lipinski definition) is 2. The minimum absolute atomic E-state index is 0.0116. The first-order valence-corrected chi connectivity index (χ1v) is 15.3. The van der Waals surface area contributed by atoms with E-state index in [2.05, 4.69) is 29.1 Å². The van der Waals surface area contributed by atoms with E-state index in [4.69, 9.17) is 4.74 Å². The lowest BCUT2D eigenvalue weighted by atomic mass is 9.84. The number of amides is 1. The quantitative estimate of drug-likeness (QED) is 0.351. The summed E-state index contributed by atoms with van der Waals surface area (Å²) in [7, 11) is 0.